The van der Waals surface area contributed by atoms with Crippen LogP contribution in [0.4, 0.5) is 9.59 Å². The number of benzene rings is 1. The number of amides is 2. The van der Waals surface area contributed by atoms with Crippen molar-refractivity contribution in [3.63, 3.8) is 0 Å². The van der Waals surface area contributed by atoms with Crippen LogP contribution in [0.3, 0.4) is 0 Å². The molecule has 2 rings (SSSR count). The van der Waals surface area contributed by atoms with E-state index in [4.69, 9.17) is 9.47 Å². The second kappa shape index (κ2) is 10.1. The normalized spacial score (nSPS) is 14.9. The molecule has 1 N–H and O–H groups in total. The van der Waals surface area contributed by atoms with Crippen LogP contribution in [-0.2, 0) is 4.74 Å². The molecule has 0 saturated carbocycles. The summed E-state index contributed by atoms with van der Waals surface area (Å²) in [7, 11) is 1.76. The summed E-state index contributed by atoms with van der Waals surface area (Å²) in [5, 5.41) is 2.80. The van der Waals surface area contributed by atoms with Crippen molar-refractivity contribution in [1.29, 1.82) is 0 Å². The number of carbonyl (C=O) groups excluding carboxylic acids is 2. The molecular weight excluding hydrogens is 368 g/mol. The molecule has 158 valence electrons. The molecular formula is C23H32N2O4. The first kappa shape index (κ1) is 22.5. The van der Waals surface area contributed by atoms with E-state index in [1.165, 1.54) is 5.57 Å². The summed E-state index contributed by atoms with van der Waals surface area (Å²) in [5.74, 6) is 0.856. The van der Waals surface area contributed by atoms with Crippen molar-refractivity contribution < 1.29 is 19.1 Å². The Hall–Kier alpha value is -2.76. The van der Waals surface area contributed by atoms with Gasteiger partial charge in [0.2, 0.25) is 0 Å². The summed E-state index contributed by atoms with van der Waals surface area (Å²) in [5.41, 5.74) is 1.66. The van der Waals surface area contributed by atoms with Crippen LogP contribution in [0.1, 0.15) is 47.0 Å². The lowest BCUT2D eigenvalue weighted by Crippen LogP contribution is -2.35. The van der Waals surface area contributed by atoms with Gasteiger partial charge in [0.05, 0.1) is 0 Å². The molecule has 1 atom stereocenters. The molecule has 1 unspecified atom stereocenters. The van der Waals surface area contributed by atoms with E-state index in [-0.39, 0.29) is 6.09 Å². The van der Waals surface area contributed by atoms with Crippen LogP contribution >= 0.6 is 0 Å². The van der Waals surface area contributed by atoms with E-state index in [9.17, 15) is 9.59 Å². The first-order chi connectivity index (χ1) is 13.6. The summed E-state index contributed by atoms with van der Waals surface area (Å²) in [4.78, 5) is 25.7. The van der Waals surface area contributed by atoms with Gasteiger partial charge in [-0.25, -0.2) is 9.59 Å². The fourth-order valence-corrected chi connectivity index (χ4v) is 2.92. The molecule has 1 aliphatic carbocycles. The minimum atomic E-state index is -0.487. The number of allylic oxidation sites excluding steroid dienone is 4. The van der Waals surface area contributed by atoms with Gasteiger partial charge in [-0.05, 0) is 64.2 Å². The molecule has 0 fully saturated rings. The third kappa shape index (κ3) is 8.02. The average molecular weight is 401 g/mol. The first-order valence-corrected chi connectivity index (χ1v) is 10.0. The quantitative estimate of drug-likeness (QED) is 0.706. The summed E-state index contributed by atoms with van der Waals surface area (Å²) in [6, 6.07) is 8.98. The van der Waals surface area contributed by atoms with Crippen molar-refractivity contribution in [2.75, 3.05) is 13.6 Å². The highest BCUT2D eigenvalue weighted by Gasteiger charge is 2.21. The molecule has 1 aromatic rings. The Kier molecular flexibility index (Phi) is 7.88. The third-order valence-electron chi connectivity index (χ3n) is 4.63. The molecule has 0 bridgehead atoms. The van der Waals surface area contributed by atoms with E-state index in [1.807, 2.05) is 45.0 Å². The smallest absolute Gasteiger partial charge is 0.416 e. The molecule has 0 aromatic heterocycles. The third-order valence-corrected chi connectivity index (χ3v) is 4.63. The summed E-state index contributed by atoms with van der Waals surface area (Å²) < 4.78 is 10.6. The Morgan fingerprint density at radius 2 is 1.83 bits per heavy atom. The van der Waals surface area contributed by atoms with Crippen molar-refractivity contribution >= 4 is 12.2 Å². The fraction of sp³-hybridized carbons (Fsp3) is 0.478. The van der Waals surface area contributed by atoms with E-state index in [1.54, 1.807) is 24.1 Å². The lowest BCUT2D eigenvalue weighted by molar-refractivity contribution is 0.0293. The van der Waals surface area contributed by atoms with E-state index < -0.39 is 11.7 Å². The van der Waals surface area contributed by atoms with Gasteiger partial charge in [0.1, 0.15) is 11.4 Å². The number of nitrogens with zero attached hydrogens (tertiary/aromatic N) is 1. The lowest BCUT2D eigenvalue weighted by Gasteiger charge is -2.26. The Balaban J connectivity index is 1.80. The Morgan fingerprint density at radius 1 is 1.14 bits per heavy atom. The number of hydrogen-bond acceptors (Lipinski definition) is 4. The molecule has 2 amide bonds. The van der Waals surface area contributed by atoms with Crippen LogP contribution in [-0.4, -0.2) is 36.3 Å². The summed E-state index contributed by atoms with van der Waals surface area (Å²) in [6.45, 7) is 8.38. The predicted molar refractivity (Wildman–Crippen MR) is 114 cm³/mol. The topological polar surface area (TPSA) is 67.9 Å². The zero-order chi connectivity index (χ0) is 21.4. The Labute approximate surface area is 173 Å². The van der Waals surface area contributed by atoms with Gasteiger partial charge in [-0.1, -0.05) is 36.8 Å². The standard InChI is InChI=1S/C23H32N2O4/c1-17(15-16-25(5)22(27)29-23(2,3)4)18-11-13-19(14-12-18)24-21(26)28-20-9-7-6-8-10-20/h6-11,13,17H,12,14-16H2,1-5H3,(H,24,26). The van der Waals surface area contributed by atoms with Crippen LogP contribution in [0.25, 0.3) is 0 Å². The van der Waals surface area contributed by atoms with Gasteiger partial charge in [-0.2, -0.15) is 0 Å². The largest absolute Gasteiger partial charge is 0.444 e. The molecule has 6 nitrogen and oxygen atoms in total. The van der Waals surface area contributed by atoms with Gasteiger partial charge >= 0.3 is 12.2 Å². The molecule has 0 heterocycles. The Bertz CT molecular complexity index is 763. The summed E-state index contributed by atoms with van der Waals surface area (Å²) >= 11 is 0. The van der Waals surface area contributed by atoms with Crippen LogP contribution in [0.2, 0.25) is 0 Å². The molecule has 29 heavy (non-hydrogen) atoms. The van der Waals surface area contributed by atoms with Gasteiger partial charge in [0.15, 0.2) is 0 Å². The molecule has 6 heteroatoms. The lowest BCUT2D eigenvalue weighted by atomic mass is 9.90. The van der Waals surface area contributed by atoms with E-state index in [0.29, 0.717) is 18.2 Å². The number of para-hydroxylation sites is 1. The molecule has 1 aromatic carbocycles. The SMILES string of the molecule is CC(CCN(C)C(=O)OC(C)(C)C)C1=CC=C(NC(=O)Oc2ccccc2)CC1. The number of carbonyl (C=O) groups is 2. The second-order valence-electron chi connectivity index (χ2n) is 8.35. The van der Waals surface area contributed by atoms with Gasteiger partial charge in [-0.15, -0.1) is 0 Å². The minimum Gasteiger partial charge on any atom is -0.444 e. The highest BCUT2D eigenvalue weighted by molar-refractivity contribution is 5.72. The van der Waals surface area contributed by atoms with Crippen LogP contribution in [0, 0.1) is 5.92 Å². The fourth-order valence-electron chi connectivity index (χ4n) is 2.92. The maximum absolute atomic E-state index is 12.1. The molecule has 1 aliphatic rings. The molecule has 0 aliphatic heterocycles. The van der Waals surface area contributed by atoms with Crippen LogP contribution < -0.4 is 10.1 Å². The van der Waals surface area contributed by atoms with Crippen LogP contribution in [0.15, 0.2) is 53.8 Å². The number of hydrogen-bond donors (Lipinski definition) is 1. The van der Waals surface area contributed by atoms with Crippen molar-refractivity contribution in [3.05, 3.63) is 53.8 Å². The highest BCUT2D eigenvalue weighted by atomic mass is 16.6. The Morgan fingerprint density at radius 3 is 2.41 bits per heavy atom. The van der Waals surface area contributed by atoms with Gasteiger partial charge in [0.25, 0.3) is 0 Å². The predicted octanol–water partition coefficient (Wildman–Crippen LogP) is 5.27. The van der Waals surface area contributed by atoms with E-state index in [2.05, 4.69) is 18.3 Å². The maximum atomic E-state index is 12.1. The van der Waals surface area contributed by atoms with Crippen LogP contribution in [0.5, 0.6) is 5.75 Å². The van der Waals surface area contributed by atoms with Crippen molar-refractivity contribution in [1.82, 2.24) is 10.2 Å². The van der Waals surface area contributed by atoms with Crippen molar-refractivity contribution in [3.8, 4) is 5.75 Å². The van der Waals surface area contributed by atoms with E-state index in [0.717, 1.165) is 25.0 Å². The van der Waals surface area contributed by atoms with Crippen molar-refractivity contribution in [2.24, 2.45) is 5.92 Å². The number of nitrogens with one attached hydrogen (secondary N) is 1. The monoisotopic (exact) mass is 400 g/mol. The van der Waals surface area contributed by atoms with Gasteiger partial charge in [0, 0.05) is 19.3 Å². The number of ether oxygens (including phenoxy) is 2. The zero-order valence-electron chi connectivity index (χ0n) is 18.0. The average Bonchev–Trinajstić information content (AvgIpc) is 2.65. The first-order valence-electron chi connectivity index (χ1n) is 10.0. The highest BCUT2D eigenvalue weighted by Crippen LogP contribution is 2.26. The van der Waals surface area contributed by atoms with E-state index >= 15 is 0 Å². The van der Waals surface area contributed by atoms with Gasteiger partial charge in [-0.3, -0.25) is 5.32 Å². The number of rotatable bonds is 6. The van der Waals surface area contributed by atoms with Gasteiger partial charge < -0.3 is 14.4 Å². The minimum absolute atomic E-state index is 0.300. The summed E-state index contributed by atoms with van der Waals surface area (Å²) in [6.07, 6.45) is 5.68. The molecule has 0 spiro atoms. The zero-order valence-corrected chi connectivity index (χ0v) is 18.0. The molecule has 0 saturated heterocycles. The molecule has 0 radical (unpaired) electrons. The van der Waals surface area contributed by atoms with Crippen molar-refractivity contribution in [2.45, 2.75) is 52.6 Å². The maximum Gasteiger partial charge on any atom is 0.416 e. The second-order valence-corrected chi connectivity index (χ2v) is 8.35.